The molecule has 8 fully saturated rings. The average Bonchev–Trinajstić information content (AvgIpc) is 1.60. The summed E-state index contributed by atoms with van der Waals surface area (Å²) in [6.07, 6.45) is -60.9. The lowest BCUT2D eigenvalue weighted by Gasteiger charge is -2.50. The Morgan fingerprint density at radius 3 is 1.17 bits per heavy atom. The zero-order valence-electron chi connectivity index (χ0n) is 46.6. The van der Waals surface area contributed by atoms with Crippen LogP contribution in [0.15, 0.2) is 0 Å². The molecule has 8 saturated heterocycles. The van der Waals surface area contributed by atoms with Crippen LogP contribution in [-0.4, -0.2) is 375 Å². The van der Waals surface area contributed by atoms with E-state index in [1.807, 2.05) is 0 Å². The minimum Gasteiger partial charge on any atom is -0.394 e. The number of aliphatic hydroxyl groups is 19. The Balaban J connectivity index is 1.06. The van der Waals surface area contributed by atoms with Crippen LogP contribution >= 0.6 is 0 Å². The van der Waals surface area contributed by atoms with Crippen LogP contribution in [0.3, 0.4) is 0 Å². The van der Waals surface area contributed by atoms with Crippen molar-refractivity contribution in [3.63, 3.8) is 0 Å². The molecular formula is C48H80N4O35. The molecule has 502 valence electrons. The summed E-state index contributed by atoms with van der Waals surface area (Å²) in [5.74, 6) is -2.31. The highest BCUT2D eigenvalue weighted by Gasteiger charge is 2.69. The fourth-order valence-electron chi connectivity index (χ4n) is 11.5. The van der Waals surface area contributed by atoms with E-state index < -0.39 is 278 Å². The quantitative estimate of drug-likeness (QED) is 0.0448. The summed E-state index contributed by atoms with van der Waals surface area (Å²) in [5.41, 5.74) is -1.62. The van der Waals surface area contributed by atoms with Crippen molar-refractivity contribution >= 4 is 17.7 Å². The van der Waals surface area contributed by atoms with Gasteiger partial charge in [-0.25, -0.2) is 0 Å². The van der Waals surface area contributed by atoms with Crippen molar-refractivity contribution in [2.45, 2.75) is 235 Å². The number of hydrogen-bond acceptors (Lipinski definition) is 36. The maximum absolute atomic E-state index is 12.7. The van der Waals surface area contributed by atoms with E-state index in [1.54, 1.807) is 0 Å². The molecule has 0 aliphatic carbocycles. The monoisotopic (exact) mass is 1270 g/mol. The van der Waals surface area contributed by atoms with Gasteiger partial charge in [0.15, 0.2) is 43.4 Å². The highest BCUT2D eigenvalue weighted by Crippen LogP contribution is 2.41. The predicted molar refractivity (Wildman–Crippen MR) is 266 cm³/mol. The van der Waals surface area contributed by atoms with E-state index in [0.717, 1.165) is 20.8 Å². The van der Waals surface area contributed by atoms with Crippen molar-refractivity contribution in [1.29, 1.82) is 0 Å². The minimum absolute atomic E-state index is 0.608. The summed E-state index contributed by atoms with van der Waals surface area (Å²) in [6.45, 7) is -3.65. The van der Waals surface area contributed by atoms with Gasteiger partial charge in [-0.15, -0.1) is 0 Å². The molecule has 23 N–H and O–H groups in total. The van der Waals surface area contributed by atoms with E-state index in [1.165, 1.54) is 0 Å². The molecule has 8 rings (SSSR count). The molecule has 39 heteroatoms. The van der Waals surface area contributed by atoms with Crippen molar-refractivity contribution in [3.8, 4) is 0 Å². The van der Waals surface area contributed by atoms with Gasteiger partial charge in [-0.2, -0.15) is 0 Å². The van der Waals surface area contributed by atoms with Crippen LogP contribution in [0.2, 0.25) is 0 Å². The lowest BCUT2D eigenvalue weighted by atomic mass is 9.94. The van der Waals surface area contributed by atoms with E-state index in [9.17, 15) is 111 Å². The molecule has 35 atom stereocenters. The first-order valence-electron chi connectivity index (χ1n) is 27.8. The van der Waals surface area contributed by atoms with E-state index in [-0.39, 0.29) is 0 Å². The Bertz CT molecular complexity index is 2260. The van der Waals surface area contributed by atoms with Gasteiger partial charge in [0.25, 0.3) is 0 Å². The van der Waals surface area contributed by atoms with Gasteiger partial charge >= 0.3 is 0 Å². The van der Waals surface area contributed by atoms with Crippen LogP contribution in [0, 0.1) is 0 Å². The number of fused-ring (bicyclic) bond motifs is 1. The number of carbonyl (C=O) groups is 3. The van der Waals surface area contributed by atoms with Crippen molar-refractivity contribution in [2.75, 3.05) is 46.2 Å². The third-order valence-corrected chi connectivity index (χ3v) is 16.2. The Hall–Kier alpha value is -2.91. The van der Waals surface area contributed by atoms with Crippen LogP contribution < -0.4 is 21.3 Å². The number of amides is 3. The Morgan fingerprint density at radius 2 is 0.736 bits per heavy atom. The third kappa shape index (κ3) is 14.5. The largest absolute Gasteiger partial charge is 0.394 e. The molecule has 0 bridgehead atoms. The van der Waals surface area contributed by atoms with E-state index in [2.05, 4.69) is 21.3 Å². The van der Waals surface area contributed by atoms with Crippen LogP contribution in [0.5, 0.6) is 0 Å². The first-order valence-corrected chi connectivity index (χ1v) is 27.8. The van der Waals surface area contributed by atoms with Gasteiger partial charge in [-0.3, -0.25) is 19.7 Å². The number of hydrogen-bond donors (Lipinski definition) is 23. The molecule has 3 amide bonds. The maximum Gasteiger partial charge on any atom is 0.218 e. The SMILES string of the molecule is CC(=O)N[C@H]1[C@H](O[C@@H]2[C@@H](CO)O[C@@H]3N[C@@]3(NC(C)=O)[C@H]2O)O[C@H](CO)[C@@H](O[C@@H]2O[C@H](CO[C@H]3O[C@H](CO)[C@@H](O)[C@H](O)[C@@H]3O[C@@H]3O[C@H](CO)[C@@H](O[C@@H]4O[C@H](CO)[C@H](O)[C@H](O)[C@H]4O)[C@H](O)[C@H]3NC(C)=O)[C@@H](O)[C@H](O[C@H]3O[C@H](CO)[C@@H](O)[C@H](O)[C@@H]3O)[C@@H]2O)[C@@H]1O. The Kier molecular flexibility index (Phi) is 23.6. The fraction of sp³-hybridized carbons (Fsp3) is 0.938. The standard InChI is InChI=1S/C48H80N4O35/c1-11(59)49-21-27(66)36(18(8-57)79-41(21)85-37-19(9-58)82-47-48(52-47,40(37)74)51-13(3)61)84-45-34(73)38(86-44-33(72)30(69)24(63)15(5-54)77-44)26(65)20(81-45)10-75-46-39(31(70)25(64)16(6-55)78-46)87-42-22(50-12(2)60)28(67)35(17(7-56)80-42)83-43-32(71)29(68)23(62)14(4-53)76-43/h14-47,52-58,62-74H,4-10H2,1-3H3,(H,49,59)(H,50,60)(H,51,61)/t14-,15-,16-,17-,18-,19-,20-,21-,22-,23+,24-,25-,26-,27-,28-,29+,30+,31+,32-,33+,34+,35-,36-,37-,38+,39+,40+,41+,42+,43+,44-,45+,46+,47+,48+/m1/s1. The maximum atomic E-state index is 12.7. The van der Waals surface area contributed by atoms with Gasteiger partial charge in [0, 0.05) is 20.8 Å². The first kappa shape index (κ1) is 70.0. The predicted octanol–water partition coefficient (Wildman–Crippen LogP) is -15.9. The number of aliphatic hydroxyl groups excluding tert-OH is 19. The zero-order valence-corrected chi connectivity index (χ0v) is 46.6. The summed E-state index contributed by atoms with van der Waals surface area (Å²) < 4.78 is 76.2. The summed E-state index contributed by atoms with van der Waals surface area (Å²) in [6, 6.07) is -3.54. The third-order valence-electron chi connectivity index (χ3n) is 16.2. The lowest BCUT2D eigenvalue weighted by Crippen LogP contribution is -2.70. The topological polar surface area (TPSA) is 614 Å². The second kappa shape index (κ2) is 29.4. The first-order chi connectivity index (χ1) is 41.2. The second-order valence-corrected chi connectivity index (χ2v) is 22.2. The fourth-order valence-corrected chi connectivity index (χ4v) is 11.5. The molecule has 0 aromatic heterocycles. The van der Waals surface area contributed by atoms with Crippen molar-refractivity contribution < 1.29 is 173 Å². The highest BCUT2D eigenvalue weighted by atomic mass is 16.8. The normalized spacial score (nSPS) is 50.1. The highest BCUT2D eigenvalue weighted by molar-refractivity contribution is 5.75. The molecule has 0 saturated carbocycles. The molecular weight excluding hydrogens is 1190 g/mol. The van der Waals surface area contributed by atoms with Gasteiger partial charge in [-0.1, -0.05) is 0 Å². The lowest BCUT2D eigenvalue weighted by molar-refractivity contribution is -0.388. The number of nitrogens with one attached hydrogen (secondary N) is 4. The van der Waals surface area contributed by atoms with Crippen LogP contribution in [0.1, 0.15) is 20.8 Å². The molecule has 8 heterocycles. The molecule has 0 aromatic rings. The molecule has 0 spiro atoms. The van der Waals surface area contributed by atoms with Crippen LogP contribution in [-0.2, 0) is 76.0 Å². The van der Waals surface area contributed by atoms with E-state index >= 15 is 0 Å². The number of ether oxygens (including phenoxy) is 13. The Labute approximate surface area is 492 Å². The summed E-state index contributed by atoms with van der Waals surface area (Å²) in [4.78, 5) is 37.5. The van der Waals surface area contributed by atoms with Crippen LogP contribution in [0.25, 0.3) is 0 Å². The van der Waals surface area contributed by atoms with Gasteiger partial charge < -0.3 is 175 Å². The summed E-state index contributed by atoms with van der Waals surface area (Å²) in [7, 11) is 0. The molecule has 8 aliphatic rings. The molecule has 8 aliphatic heterocycles. The zero-order chi connectivity index (χ0) is 63.8. The van der Waals surface area contributed by atoms with Crippen molar-refractivity contribution in [2.24, 2.45) is 0 Å². The van der Waals surface area contributed by atoms with Gasteiger partial charge in [-0.05, 0) is 0 Å². The summed E-state index contributed by atoms with van der Waals surface area (Å²) >= 11 is 0. The molecule has 0 aromatic carbocycles. The number of carbonyl (C=O) groups excluding carboxylic acids is 3. The van der Waals surface area contributed by atoms with Crippen molar-refractivity contribution in [3.05, 3.63) is 0 Å². The Morgan fingerprint density at radius 1 is 0.368 bits per heavy atom. The van der Waals surface area contributed by atoms with Gasteiger partial charge in [0.1, 0.15) is 171 Å². The van der Waals surface area contributed by atoms with E-state index in [4.69, 9.17) is 61.6 Å². The minimum atomic E-state index is -2.32. The molecule has 0 unspecified atom stereocenters. The van der Waals surface area contributed by atoms with Crippen molar-refractivity contribution in [1.82, 2.24) is 21.3 Å². The number of rotatable bonds is 22. The smallest absolute Gasteiger partial charge is 0.218 e. The summed E-state index contributed by atoms with van der Waals surface area (Å²) in [5, 5.41) is 217. The van der Waals surface area contributed by atoms with E-state index in [0.29, 0.717) is 0 Å². The van der Waals surface area contributed by atoms with Gasteiger partial charge in [0.2, 0.25) is 17.7 Å². The molecule has 39 nitrogen and oxygen atoms in total. The van der Waals surface area contributed by atoms with Crippen LogP contribution in [0.4, 0.5) is 0 Å². The second-order valence-electron chi connectivity index (χ2n) is 22.2. The van der Waals surface area contributed by atoms with Gasteiger partial charge in [0.05, 0.1) is 46.2 Å². The molecule has 0 radical (unpaired) electrons. The molecule has 87 heavy (non-hydrogen) atoms. The average molecular weight is 1270 g/mol.